The Hall–Kier alpha value is -1.19. The number of hydrogen-bond acceptors (Lipinski definition) is 2. The lowest BCUT2D eigenvalue weighted by molar-refractivity contribution is 0.553. The van der Waals surface area contributed by atoms with Crippen LogP contribution >= 0.6 is 11.3 Å². The Balaban J connectivity index is 2.24. The van der Waals surface area contributed by atoms with Crippen LogP contribution in [0.25, 0.3) is 0 Å². The molecule has 2 aromatic rings. The molecule has 2 rings (SSSR count). The molecule has 1 nitrogen and oxygen atoms in total. The highest BCUT2D eigenvalue weighted by molar-refractivity contribution is 7.10. The van der Waals surface area contributed by atoms with E-state index in [1.165, 1.54) is 16.0 Å². The molecule has 0 saturated carbocycles. The normalized spacial score (nSPS) is 12.6. The molecule has 1 aromatic carbocycles. The summed E-state index contributed by atoms with van der Waals surface area (Å²) in [6.07, 6.45) is 0.904. The number of thiophene rings is 1. The lowest BCUT2D eigenvalue weighted by Gasteiger charge is -2.19. The van der Waals surface area contributed by atoms with E-state index < -0.39 is 0 Å². The molecule has 0 saturated heterocycles. The molecule has 0 spiro atoms. The monoisotopic (exact) mass is 277 g/mol. The van der Waals surface area contributed by atoms with Crippen molar-refractivity contribution in [2.45, 2.75) is 33.2 Å². The van der Waals surface area contributed by atoms with Gasteiger partial charge in [0.25, 0.3) is 0 Å². The van der Waals surface area contributed by atoms with Gasteiger partial charge in [-0.3, -0.25) is 0 Å². The van der Waals surface area contributed by atoms with E-state index in [1.54, 1.807) is 23.5 Å². The standard InChI is InChI=1S/C16H20FNS/c1-4-18-15(16-11(2)7-8-19-16)10-13-5-6-14(17)9-12(13)3/h5-9,15,18H,4,10H2,1-3H3. The molecule has 1 unspecified atom stereocenters. The molecule has 0 bridgehead atoms. The molecule has 0 fully saturated rings. The molecular formula is C16H20FNS. The molecule has 1 aromatic heterocycles. The Morgan fingerprint density at radius 2 is 2.00 bits per heavy atom. The zero-order chi connectivity index (χ0) is 13.8. The zero-order valence-electron chi connectivity index (χ0n) is 11.7. The summed E-state index contributed by atoms with van der Waals surface area (Å²) in [5, 5.41) is 5.66. The third-order valence-corrected chi connectivity index (χ3v) is 4.53. The molecule has 102 valence electrons. The Morgan fingerprint density at radius 3 is 2.58 bits per heavy atom. The number of benzene rings is 1. The molecule has 0 amide bonds. The van der Waals surface area contributed by atoms with Crippen molar-refractivity contribution in [1.29, 1.82) is 0 Å². The average Bonchev–Trinajstić information content (AvgIpc) is 2.78. The highest BCUT2D eigenvalue weighted by Gasteiger charge is 2.15. The van der Waals surface area contributed by atoms with Gasteiger partial charge in [0.2, 0.25) is 0 Å². The topological polar surface area (TPSA) is 12.0 Å². The summed E-state index contributed by atoms with van der Waals surface area (Å²) >= 11 is 1.79. The largest absolute Gasteiger partial charge is 0.309 e. The molecule has 3 heteroatoms. The van der Waals surface area contributed by atoms with E-state index in [4.69, 9.17) is 0 Å². The number of halogens is 1. The third kappa shape index (κ3) is 3.43. The fourth-order valence-corrected chi connectivity index (χ4v) is 3.36. The van der Waals surface area contributed by atoms with Gasteiger partial charge in [-0.05, 0) is 67.1 Å². The van der Waals surface area contributed by atoms with E-state index >= 15 is 0 Å². The lowest BCUT2D eigenvalue weighted by Crippen LogP contribution is -2.23. The fourth-order valence-electron chi connectivity index (χ4n) is 2.35. The van der Waals surface area contributed by atoms with Crippen LogP contribution in [0.4, 0.5) is 4.39 Å². The maximum absolute atomic E-state index is 13.2. The maximum atomic E-state index is 13.2. The van der Waals surface area contributed by atoms with Crippen LogP contribution in [0.5, 0.6) is 0 Å². The van der Waals surface area contributed by atoms with Crippen LogP contribution in [0.1, 0.15) is 34.5 Å². The summed E-state index contributed by atoms with van der Waals surface area (Å²) in [6, 6.07) is 7.53. The van der Waals surface area contributed by atoms with E-state index in [2.05, 4.69) is 30.6 Å². The highest BCUT2D eigenvalue weighted by Crippen LogP contribution is 2.27. The van der Waals surface area contributed by atoms with Crippen LogP contribution in [0.15, 0.2) is 29.6 Å². The van der Waals surface area contributed by atoms with E-state index in [-0.39, 0.29) is 5.82 Å². The first-order valence-corrected chi connectivity index (χ1v) is 7.52. The van der Waals surface area contributed by atoms with E-state index in [0.29, 0.717) is 6.04 Å². The summed E-state index contributed by atoms with van der Waals surface area (Å²) in [7, 11) is 0. The van der Waals surface area contributed by atoms with Gasteiger partial charge in [0.1, 0.15) is 5.82 Å². The van der Waals surface area contributed by atoms with Gasteiger partial charge in [0, 0.05) is 10.9 Å². The van der Waals surface area contributed by atoms with Crippen molar-refractivity contribution in [2.24, 2.45) is 0 Å². The van der Waals surface area contributed by atoms with Crippen LogP contribution in [0, 0.1) is 19.7 Å². The lowest BCUT2D eigenvalue weighted by atomic mass is 9.99. The first-order chi connectivity index (χ1) is 9.11. The average molecular weight is 277 g/mol. The summed E-state index contributed by atoms with van der Waals surface area (Å²) in [5.74, 6) is -0.159. The van der Waals surface area contributed by atoms with Crippen molar-refractivity contribution in [1.82, 2.24) is 5.32 Å². The quantitative estimate of drug-likeness (QED) is 0.854. The van der Waals surface area contributed by atoms with Crippen LogP contribution in [-0.4, -0.2) is 6.54 Å². The minimum absolute atomic E-state index is 0.159. The number of likely N-dealkylation sites (N-methyl/N-ethyl adjacent to an activating group) is 1. The molecule has 0 aliphatic rings. The van der Waals surface area contributed by atoms with Gasteiger partial charge in [-0.1, -0.05) is 13.0 Å². The molecule has 0 radical (unpaired) electrons. The van der Waals surface area contributed by atoms with Gasteiger partial charge < -0.3 is 5.32 Å². The molecule has 1 atom stereocenters. The van der Waals surface area contributed by atoms with Gasteiger partial charge >= 0.3 is 0 Å². The predicted octanol–water partition coefficient (Wildman–Crippen LogP) is 4.40. The zero-order valence-corrected chi connectivity index (χ0v) is 12.5. The van der Waals surface area contributed by atoms with Gasteiger partial charge in [-0.25, -0.2) is 4.39 Å². The SMILES string of the molecule is CCNC(Cc1ccc(F)cc1C)c1sccc1C. The molecule has 19 heavy (non-hydrogen) atoms. The van der Waals surface area contributed by atoms with E-state index in [9.17, 15) is 4.39 Å². The Bertz CT molecular complexity index is 547. The van der Waals surface area contributed by atoms with Crippen LogP contribution in [-0.2, 0) is 6.42 Å². The van der Waals surface area contributed by atoms with Crippen molar-refractivity contribution in [3.05, 3.63) is 57.0 Å². The summed E-state index contributed by atoms with van der Waals surface area (Å²) < 4.78 is 13.2. The van der Waals surface area contributed by atoms with Crippen LogP contribution < -0.4 is 5.32 Å². The van der Waals surface area contributed by atoms with Crippen molar-refractivity contribution < 1.29 is 4.39 Å². The Kier molecular flexibility index (Phi) is 4.72. The maximum Gasteiger partial charge on any atom is 0.123 e. The first kappa shape index (κ1) is 14.2. The Morgan fingerprint density at radius 1 is 1.21 bits per heavy atom. The van der Waals surface area contributed by atoms with Crippen LogP contribution in [0.3, 0.4) is 0 Å². The summed E-state index contributed by atoms with van der Waals surface area (Å²) in [4.78, 5) is 1.38. The first-order valence-electron chi connectivity index (χ1n) is 6.64. The van der Waals surface area contributed by atoms with Crippen molar-refractivity contribution in [3.8, 4) is 0 Å². The van der Waals surface area contributed by atoms with Crippen molar-refractivity contribution in [2.75, 3.05) is 6.54 Å². The molecule has 0 aliphatic carbocycles. The number of nitrogens with one attached hydrogen (secondary N) is 1. The second kappa shape index (κ2) is 6.31. The molecular weight excluding hydrogens is 257 g/mol. The number of hydrogen-bond donors (Lipinski definition) is 1. The van der Waals surface area contributed by atoms with E-state index in [0.717, 1.165) is 18.5 Å². The second-order valence-corrected chi connectivity index (χ2v) is 5.80. The van der Waals surface area contributed by atoms with Gasteiger partial charge in [0.15, 0.2) is 0 Å². The van der Waals surface area contributed by atoms with Crippen molar-refractivity contribution >= 4 is 11.3 Å². The summed E-state index contributed by atoms with van der Waals surface area (Å²) in [6.45, 7) is 7.17. The van der Waals surface area contributed by atoms with Crippen LogP contribution in [0.2, 0.25) is 0 Å². The molecule has 0 aliphatic heterocycles. The van der Waals surface area contributed by atoms with Gasteiger partial charge in [-0.2, -0.15) is 0 Å². The second-order valence-electron chi connectivity index (χ2n) is 4.85. The number of aryl methyl sites for hydroxylation is 2. The molecule has 1 N–H and O–H groups in total. The molecule has 1 heterocycles. The smallest absolute Gasteiger partial charge is 0.123 e. The predicted molar refractivity (Wildman–Crippen MR) is 80.3 cm³/mol. The Labute approximate surface area is 118 Å². The van der Waals surface area contributed by atoms with E-state index in [1.807, 2.05) is 13.0 Å². The minimum atomic E-state index is -0.159. The summed E-state index contributed by atoms with van der Waals surface area (Å²) in [5.41, 5.74) is 3.56. The highest BCUT2D eigenvalue weighted by atomic mass is 32.1. The van der Waals surface area contributed by atoms with Crippen molar-refractivity contribution in [3.63, 3.8) is 0 Å². The fraction of sp³-hybridized carbons (Fsp3) is 0.375. The third-order valence-electron chi connectivity index (χ3n) is 3.40. The van der Waals surface area contributed by atoms with Gasteiger partial charge in [-0.15, -0.1) is 11.3 Å². The minimum Gasteiger partial charge on any atom is -0.309 e. The number of rotatable bonds is 5. The van der Waals surface area contributed by atoms with Gasteiger partial charge in [0.05, 0.1) is 0 Å².